The lowest BCUT2D eigenvalue weighted by molar-refractivity contribution is -0.0710. The molecule has 1 atom stereocenters. The summed E-state index contributed by atoms with van der Waals surface area (Å²) in [6.45, 7) is 5.40. The van der Waals surface area contributed by atoms with Gasteiger partial charge < -0.3 is 10.5 Å². The maximum Gasteiger partial charge on any atom is 0.0705 e. The van der Waals surface area contributed by atoms with Gasteiger partial charge in [0.1, 0.15) is 0 Å². The summed E-state index contributed by atoms with van der Waals surface area (Å²) in [5.74, 6) is 1.77. The second-order valence-electron chi connectivity index (χ2n) is 5.78. The van der Waals surface area contributed by atoms with Gasteiger partial charge in [-0.3, -0.25) is 0 Å². The van der Waals surface area contributed by atoms with Gasteiger partial charge in [-0.1, -0.05) is 13.8 Å². The fourth-order valence-electron chi connectivity index (χ4n) is 3.26. The van der Waals surface area contributed by atoms with E-state index in [1.807, 2.05) is 0 Å². The SMILES string of the molecule is CC(C)C1CCC2(CCC(CN)O2)CC1. The molecule has 1 heterocycles. The van der Waals surface area contributed by atoms with Gasteiger partial charge >= 0.3 is 0 Å². The largest absolute Gasteiger partial charge is 0.370 e. The highest BCUT2D eigenvalue weighted by molar-refractivity contribution is 4.93. The van der Waals surface area contributed by atoms with Crippen LogP contribution in [0.15, 0.2) is 0 Å². The van der Waals surface area contributed by atoms with E-state index in [2.05, 4.69) is 13.8 Å². The summed E-state index contributed by atoms with van der Waals surface area (Å²) in [6.07, 6.45) is 8.03. The van der Waals surface area contributed by atoms with Crippen molar-refractivity contribution in [1.29, 1.82) is 0 Å². The van der Waals surface area contributed by atoms with E-state index in [-0.39, 0.29) is 5.60 Å². The van der Waals surface area contributed by atoms with Crippen LogP contribution in [0.3, 0.4) is 0 Å². The molecule has 2 rings (SSSR count). The molecule has 2 fully saturated rings. The number of nitrogens with two attached hydrogens (primary N) is 1. The third-order valence-electron chi connectivity index (χ3n) is 4.49. The summed E-state index contributed by atoms with van der Waals surface area (Å²) in [7, 11) is 0. The smallest absolute Gasteiger partial charge is 0.0705 e. The van der Waals surface area contributed by atoms with Crippen molar-refractivity contribution in [3.05, 3.63) is 0 Å². The Labute approximate surface area is 93.6 Å². The minimum Gasteiger partial charge on any atom is -0.370 e. The van der Waals surface area contributed by atoms with E-state index < -0.39 is 0 Å². The number of hydrogen-bond acceptors (Lipinski definition) is 2. The summed E-state index contributed by atoms with van der Waals surface area (Å²) in [5, 5.41) is 0. The standard InChI is InChI=1S/C13H25NO/c1-10(2)11-3-6-13(7-4-11)8-5-12(9-14)15-13/h10-12H,3-9,14H2,1-2H3. The van der Waals surface area contributed by atoms with Crippen molar-refractivity contribution in [1.82, 2.24) is 0 Å². The molecular formula is C13H25NO. The van der Waals surface area contributed by atoms with Crippen molar-refractivity contribution in [3.63, 3.8) is 0 Å². The van der Waals surface area contributed by atoms with Crippen LogP contribution in [-0.2, 0) is 4.74 Å². The zero-order chi connectivity index (χ0) is 10.9. The van der Waals surface area contributed by atoms with E-state index in [1.165, 1.54) is 38.5 Å². The molecule has 1 saturated carbocycles. The Balaban J connectivity index is 1.87. The first kappa shape index (κ1) is 11.4. The quantitative estimate of drug-likeness (QED) is 0.762. The Bertz CT molecular complexity index is 207. The molecule has 1 aliphatic carbocycles. The van der Waals surface area contributed by atoms with Gasteiger partial charge in [0.05, 0.1) is 11.7 Å². The first-order valence-electron chi connectivity index (χ1n) is 6.53. The van der Waals surface area contributed by atoms with Crippen LogP contribution < -0.4 is 5.73 Å². The van der Waals surface area contributed by atoms with E-state index >= 15 is 0 Å². The van der Waals surface area contributed by atoms with Crippen LogP contribution in [0.5, 0.6) is 0 Å². The van der Waals surface area contributed by atoms with Crippen LogP contribution in [-0.4, -0.2) is 18.2 Å². The topological polar surface area (TPSA) is 35.2 Å². The molecule has 2 heteroatoms. The number of ether oxygens (including phenoxy) is 1. The molecule has 1 spiro atoms. The van der Waals surface area contributed by atoms with Gasteiger partial charge in [-0.15, -0.1) is 0 Å². The Morgan fingerprint density at radius 3 is 2.27 bits per heavy atom. The van der Waals surface area contributed by atoms with Gasteiger partial charge in [0, 0.05) is 6.54 Å². The molecule has 2 aliphatic rings. The molecule has 0 radical (unpaired) electrons. The van der Waals surface area contributed by atoms with Crippen LogP contribution in [0.25, 0.3) is 0 Å². The second kappa shape index (κ2) is 4.42. The zero-order valence-electron chi connectivity index (χ0n) is 10.2. The predicted molar refractivity (Wildman–Crippen MR) is 62.7 cm³/mol. The molecule has 1 saturated heterocycles. The molecule has 88 valence electrons. The first-order valence-corrected chi connectivity index (χ1v) is 6.53. The van der Waals surface area contributed by atoms with Crippen LogP contribution >= 0.6 is 0 Å². The Morgan fingerprint density at radius 2 is 1.80 bits per heavy atom. The summed E-state index contributed by atoms with van der Waals surface area (Å²) in [6, 6.07) is 0. The minimum atomic E-state index is 0.232. The van der Waals surface area contributed by atoms with E-state index in [1.54, 1.807) is 0 Å². The molecule has 2 nitrogen and oxygen atoms in total. The highest BCUT2D eigenvalue weighted by atomic mass is 16.5. The van der Waals surface area contributed by atoms with Gasteiger partial charge in [0.2, 0.25) is 0 Å². The highest BCUT2D eigenvalue weighted by Gasteiger charge is 2.42. The Kier molecular flexibility index (Phi) is 3.36. The predicted octanol–water partition coefficient (Wildman–Crippen LogP) is 2.71. The molecular weight excluding hydrogens is 186 g/mol. The Hall–Kier alpha value is -0.0800. The molecule has 0 bridgehead atoms. The molecule has 0 aromatic heterocycles. The molecule has 2 N–H and O–H groups in total. The average molecular weight is 211 g/mol. The van der Waals surface area contributed by atoms with Crippen molar-refractivity contribution >= 4 is 0 Å². The number of rotatable bonds is 2. The van der Waals surface area contributed by atoms with Crippen molar-refractivity contribution in [2.45, 2.75) is 64.1 Å². The van der Waals surface area contributed by atoms with Crippen molar-refractivity contribution < 1.29 is 4.74 Å². The van der Waals surface area contributed by atoms with E-state index in [9.17, 15) is 0 Å². The van der Waals surface area contributed by atoms with Gasteiger partial charge in [-0.2, -0.15) is 0 Å². The maximum atomic E-state index is 6.14. The first-order chi connectivity index (χ1) is 7.15. The summed E-state index contributed by atoms with van der Waals surface area (Å²) in [4.78, 5) is 0. The maximum absolute atomic E-state index is 6.14. The zero-order valence-corrected chi connectivity index (χ0v) is 10.2. The monoisotopic (exact) mass is 211 g/mol. The highest BCUT2D eigenvalue weighted by Crippen LogP contribution is 2.44. The molecule has 1 unspecified atom stereocenters. The molecule has 0 aromatic carbocycles. The van der Waals surface area contributed by atoms with E-state index in [4.69, 9.17) is 10.5 Å². The minimum absolute atomic E-state index is 0.232. The van der Waals surface area contributed by atoms with Crippen LogP contribution in [0, 0.1) is 11.8 Å². The normalized spacial score (nSPS) is 41.6. The van der Waals surface area contributed by atoms with Crippen molar-refractivity contribution in [2.75, 3.05) is 6.54 Å². The fourth-order valence-corrected chi connectivity index (χ4v) is 3.26. The fraction of sp³-hybridized carbons (Fsp3) is 1.00. The van der Waals surface area contributed by atoms with Gasteiger partial charge in [0.15, 0.2) is 0 Å². The van der Waals surface area contributed by atoms with Crippen LogP contribution in [0.1, 0.15) is 52.4 Å². The summed E-state index contributed by atoms with van der Waals surface area (Å²) in [5.41, 5.74) is 5.91. The van der Waals surface area contributed by atoms with E-state index in [0.717, 1.165) is 11.8 Å². The Morgan fingerprint density at radius 1 is 1.20 bits per heavy atom. The summed E-state index contributed by atoms with van der Waals surface area (Å²) < 4.78 is 6.14. The molecule has 15 heavy (non-hydrogen) atoms. The van der Waals surface area contributed by atoms with Gasteiger partial charge in [0.25, 0.3) is 0 Å². The molecule has 1 aliphatic heterocycles. The van der Waals surface area contributed by atoms with Crippen LogP contribution in [0.2, 0.25) is 0 Å². The van der Waals surface area contributed by atoms with Crippen LogP contribution in [0.4, 0.5) is 0 Å². The van der Waals surface area contributed by atoms with E-state index in [0.29, 0.717) is 12.6 Å². The third-order valence-corrected chi connectivity index (χ3v) is 4.49. The van der Waals surface area contributed by atoms with Crippen molar-refractivity contribution in [3.8, 4) is 0 Å². The lowest BCUT2D eigenvalue weighted by Gasteiger charge is -2.38. The van der Waals surface area contributed by atoms with Gasteiger partial charge in [-0.05, 0) is 50.4 Å². The molecule has 0 amide bonds. The van der Waals surface area contributed by atoms with Crippen molar-refractivity contribution in [2.24, 2.45) is 17.6 Å². The third kappa shape index (κ3) is 2.36. The number of hydrogen-bond donors (Lipinski definition) is 1. The molecule has 0 aromatic rings. The van der Waals surface area contributed by atoms with Gasteiger partial charge in [-0.25, -0.2) is 0 Å². The lowest BCUT2D eigenvalue weighted by Crippen LogP contribution is -2.36. The summed E-state index contributed by atoms with van der Waals surface area (Å²) >= 11 is 0. The lowest BCUT2D eigenvalue weighted by atomic mass is 9.73. The average Bonchev–Trinajstić information content (AvgIpc) is 2.62. The second-order valence-corrected chi connectivity index (χ2v) is 5.78.